The number of benzene rings is 1. The highest BCUT2D eigenvalue weighted by molar-refractivity contribution is 6.05. The standard InChI is InChI=1S/C18H21F2N5O/c1-18(2-5-24(6-3-18)7-4-19)13-10-22-25-15-12(16(21)26)8-11(20)9-14(15)23-17(13)25/h8-10,22H,2-7H2,1H3,(H2,21,26). The minimum atomic E-state index is -0.696. The van der Waals surface area contributed by atoms with Crippen molar-refractivity contribution in [3.8, 4) is 0 Å². The smallest absolute Gasteiger partial charge is 0.251 e. The number of hydrogen-bond acceptors (Lipinski definition) is 3. The molecule has 1 aliphatic heterocycles. The van der Waals surface area contributed by atoms with Gasteiger partial charge in [0.25, 0.3) is 5.91 Å². The minimum absolute atomic E-state index is 0.101. The number of rotatable bonds is 4. The van der Waals surface area contributed by atoms with Crippen LogP contribution in [0.5, 0.6) is 0 Å². The Labute approximate surface area is 148 Å². The fourth-order valence-electron chi connectivity index (χ4n) is 3.97. The van der Waals surface area contributed by atoms with E-state index in [1.165, 1.54) is 6.07 Å². The zero-order chi connectivity index (χ0) is 18.5. The molecule has 6 nitrogen and oxygen atoms in total. The monoisotopic (exact) mass is 361 g/mol. The molecule has 3 heterocycles. The second-order valence-corrected chi connectivity index (χ2v) is 7.23. The first-order chi connectivity index (χ1) is 12.4. The number of primary amides is 1. The molecule has 0 radical (unpaired) electrons. The molecule has 0 aliphatic carbocycles. The van der Waals surface area contributed by atoms with Gasteiger partial charge in [-0.25, -0.2) is 18.3 Å². The van der Waals surface area contributed by atoms with E-state index in [0.717, 1.165) is 37.6 Å². The summed E-state index contributed by atoms with van der Waals surface area (Å²) >= 11 is 0. The molecular weight excluding hydrogens is 340 g/mol. The molecule has 0 bridgehead atoms. The zero-order valence-corrected chi connectivity index (χ0v) is 14.6. The Hall–Kier alpha value is -2.48. The van der Waals surface area contributed by atoms with E-state index in [-0.39, 0.29) is 17.7 Å². The first kappa shape index (κ1) is 17.0. The molecule has 2 aromatic heterocycles. The average molecular weight is 361 g/mol. The molecule has 1 saturated heterocycles. The van der Waals surface area contributed by atoms with E-state index in [9.17, 15) is 13.6 Å². The summed E-state index contributed by atoms with van der Waals surface area (Å²) in [7, 11) is 0. The second-order valence-electron chi connectivity index (χ2n) is 7.23. The number of alkyl halides is 1. The van der Waals surface area contributed by atoms with E-state index in [1.54, 1.807) is 4.52 Å². The van der Waals surface area contributed by atoms with Gasteiger partial charge < -0.3 is 10.6 Å². The van der Waals surface area contributed by atoms with Crippen molar-refractivity contribution in [2.45, 2.75) is 25.2 Å². The number of nitrogens with two attached hydrogens (primary N) is 1. The highest BCUT2D eigenvalue weighted by atomic mass is 19.1. The van der Waals surface area contributed by atoms with Gasteiger partial charge in [-0.1, -0.05) is 6.92 Å². The molecule has 1 aromatic carbocycles. The summed E-state index contributed by atoms with van der Waals surface area (Å²) in [6, 6.07) is 2.44. The molecule has 1 aliphatic rings. The molecule has 4 rings (SSSR count). The van der Waals surface area contributed by atoms with Crippen LogP contribution in [0.4, 0.5) is 8.78 Å². The maximum atomic E-state index is 13.8. The topological polar surface area (TPSA) is 79.4 Å². The van der Waals surface area contributed by atoms with Crippen molar-refractivity contribution in [3.63, 3.8) is 0 Å². The number of piperidine rings is 1. The van der Waals surface area contributed by atoms with E-state index < -0.39 is 11.7 Å². The Morgan fingerprint density at radius 3 is 2.77 bits per heavy atom. The zero-order valence-electron chi connectivity index (χ0n) is 14.6. The number of hydrogen-bond donors (Lipinski definition) is 2. The predicted octanol–water partition coefficient (Wildman–Crippen LogP) is 2.38. The molecule has 1 amide bonds. The molecule has 138 valence electrons. The van der Waals surface area contributed by atoms with Gasteiger partial charge in [-0.2, -0.15) is 0 Å². The van der Waals surface area contributed by atoms with Crippen LogP contribution in [-0.2, 0) is 5.41 Å². The normalized spacial score (nSPS) is 18.0. The van der Waals surface area contributed by atoms with Crippen molar-refractivity contribution in [2.75, 3.05) is 26.3 Å². The quantitative estimate of drug-likeness (QED) is 0.749. The lowest BCUT2D eigenvalue weighted by Gasteiger charge is -2.38. The van der Waals surface area contributed by atoms with Gasteiger partial charge in [-0.15, -0.1) is 0 Å². The highest BCUT2D eigenvalue weighted by Gasteiger charge is 2.35. The number of likely N-dealkylation sites (tertiary alicyclic amines) is 1. The number of imidazole rings is 1. The molecule has 0 atom stereocenters. The Bertz CT molecular complexity index is 984. The Morgan fingerprint density at radius 2 is 2.12 bits per heavy atom. The lowest BCUT2D eigenvalue weighted by molar-refractivity contribution is 0.100. The van der Waals surface area contributed by atoms with E-state index in [1.807, 2.05) is 6.20 Å². The number of nitrogens with zero attached hydrogens (tertiary/aromatic N) is 3. The first-order valence-electron chi connectivity index (χ1n) is 8.70. The third-order valence-electron chi connectivity index (χ3n) is 5.57. The van der Waals surface area contributed by atoms with Crippen LogP contribution in [0, 0.1) is 5.82 Å². The summed E-state index contributed by atoms with van der Waals surface area (Å²) in [5.41, 5.74) is 7.97. The summed E-state index contributed by atoms with van der Waals surface area (Å²) < 4.78 is 28.1. The molecule has 1 fully saturated rings. The van der Waals surface area contributed by atoms with Gasteiger partial charge in [0.1, 0.15) is 18.0 Å². The Balaban J connectivity index is 1.81. The fraction of sp³-hybridized carbons (Fsp3) is 0.444. The van der Waals surface area contributed by atoms with Crippen molar-refractivity contribution in [2.24, 2.45) is 5.73 Å². The highest BCUT2D eigenvalue weighted by Crippen LogP contribution is 2.38. The van der Waals surface area contributed by atoms with Gasteiger partial charge in [0.2, 0.25) is 0 Å². The van der Waals surface area contributed by atoms with Gasteiger partial charge in [0, 0.05) is 29.8 Å². The summed E-state index contributed by atoms with van der Waals surface area (Å²) in [6.45, 7) is 3.93. The van der Waals surface area contributed by atoms with Crippen molar-refractivity contribution < 1.29 is 13.6 Å². The number of fused-ring (bicyclic) bond motifs is 3. The fourth-order valence-corrected chi connectivity index (χ4v) is 3.97. The molecule has 3 N–H and O–H groups in total. The number of aromatic amines is 1. The van der Waals surface area contributed by atoms with Crippen LogP contribution in [-0.4, -0.2) is 51.7 Å². The molecule has 8 heteroatoms. The number of amides is 1. The summed E-state index contributed by atoms with van der Waals surface area (Å²) in [4.78, 5) is 18.4. The van der Waals surface area contributed by atoms with Gasteiger partial charge in [0.15, 0.2) is 5.65 Å². The maximum Gasteiger partial charge on any atom is 0.251 e. The Kier molecular flexibility index (Phi) is 3.95. The van der Waals surface area contributed by atoms with Crippen LogP contribution in [0.15, 0.2) is 18.3 Å². The first-order valence-corrected chi connectivity index (χ1v) is 8.70. The van der Waals surface area contributed by atoms with Crippen LogP contribution in [0.2, 0.25) is 0 Å². The lowest BCUT2D eigenvalue weighted by Crippen LogP contribution is -2.41. The van der Waals surface area contributed by atoms with E-state index in [0.29, 0.717) is 23.2 Å². The summed E-state index contributed by atoms with van der Waals surface area (Å²) in [6.07, 6.45) is 3.64. The number of carbonyl (C=O) groups excluding carboxylic acids is 1. The average Bonchev–Trinajstić information content (AvgIpc) is 3.15. The molecule has 0 unspecified atom stereocenters. The third-order valence-corrected chi connectivity index (χ3v) is 5.57. The number of carbonyl (C=O) groups is 1. The largest absolute Gasteiger partial charge is 0.366 e. The van der Waals surface area contributed by atoms with Gasteiger partial charge in [0.05, 0.1) is 11.1 Å². The van der Waals surface area contributed by atoms with Crippen LogP contribution < -0.4 is 5.73 Å². The molecular formula is C18H21F2N5O. The minimum Gasteiger partial charge on any atom is -0.366 e. The van der Waals surface area contributed by atoms with Gasteiger partial charge in [-0.05, 0) is 32.0 Å². The molecule has 0 saturated carbocycles. The number of aromatic nitrogens is 3. The van der Waals surface area contributed by atoms with Crippen molar-refractivity contribution >= 4 is 22.6 Å². The maximum absolute atomic E-state index is 13.8. The molecule has 0 spiro atoms. The van der Waals surface area contributed by atoms with E-state index in [4.69, 9.17) is 5.73 Å². The van der Waals surface area contributed by atoms with Crippen molar-refractivity contribution in [1.82, 2.24) is 19.5 Å². The van der Waals surface area contributed by atoms with Crippen LogP contribution in [0.1, 0.15) is 35.7 Å². The van der Waals surface area contributed by atoms with Crippen molar-refractivity contribution in [3.05, 3.63) is 35.3 Å². The van der Waals surface area contributed by atoms with Crippen LogP contribution in [0.25, 0.3) is 16.7 Å². The predicted molar refractivity (Wildman–Crippen MR) is 94.5 cm³/mol. The summed E-state index contributed by atoms with van der Waals surface area (Å²) in [5, 5.41) is 3.14. The number of H-pyrrole nitrogens is 1. The van der Waals surface area contributed by atoms with E-state index in [2.05, 4.69) is 21.9 Å². The van der Waals surface area contributed by atoms with Crippen LogP contribution >= 0.6 is 0 Å². The number of halogens is 2. The van der Waals surface area contributed by atoms with Crippen LogP contribution in [0.3, 0.4) is 0 Å². The molecule has 3 aromatic rings. The lowest BCUT2D eigenvalue weighted by atomic mass is 9.75. The summed E-state index contributed by atoms with van der Waals surface area (Å²) in [5.74, 6) is -1.24. The Morgan fingerprint density at radius 1 is 1.38 bits per heavy atom. The molecule has 26 heavy (non-hydrogen) atoms. The van der Waals surface area contributed by atoms with Gasteiger partial charge in [-0.3, -0.25) is 9.89 Å². The number of nitrogens with one attached hydrogen (secondary N) is 1. The van der Waals surface area contributed by atoms with Crippen molar-refractivity contribution in [1.29, 1.82) is 0 Å². The van der Waals surface area contributed by atoms with E-state index >= 15 is 0 Å². The SMILES string of the molecule is CC1(c2c[nH]n3c2nc2cc(F)cc(C(N)=O)c23)CCN(CCF)CC1. The second kappa shape index (κ2) is 6.05. The third kappa shape index (κ3) is 2.56. The van der Waals surface area contributed by atoms with Gasteiger partial charge >= 0.3 is 0 Å².